The van der Waals surface area contributed by atoms with E-state index in [1.54, 1.807) is 29.2 Å². The number of carbonyl (C=O) groups is 2. The molecular formula is C21H18F2N2O4. The van der Waals surface area contributed by atoms with Crippen molar-refractivity contribution in [3.8, 4) is 5.75 Å². The van der Waals surface area contributed by atoms with Crippen LogP contribution in [0.2, 0.25) is 0 Å². The number of benzene rings is 2. The number of ether oxygens (including phenoxy) is 2. The van der Waals surface area contributed by atoms with Gasteiger partial charge in [-0.05, 0) is 18.2 Å². The lowest BCUT2D eigenvalue weighted by atomic mass is 10.0. The summed E-state index contributed by atoms with van der Waals surface area (Å²) in [7, 11) is 1.47. The van der Waals surface area contributed by atoms with Gasteiger partial charge >= 0.3 is 0 Å². The van der Waals surface area contributed by atoms with E-state index in [4.69, 9.17) is 9.47 Å². The Hall–Kier alpha value is -3.26. The van der Waals surface area contributed by atoms with E-state index < -0.39 is 23.4 Å². The van der Waals surface area contributed by atoms with Crippen molar-refractivity contribution in [2.45, 2.75) is 0 Å². The highest BCUT2D eigenvalue weighted by Gasteiger charge is 2.43. The number of amides is 2. The summed E-state index contributed by atoms with van der Waals surface area (Å²) >= 11 is 0. The van der Waals surface area contributed by atoms with E-state index in [1.165, 1.54) is 13.2 Å². The van der Waals surface area contributed by atoms with E-state index in [9.17, 15) is 18.4 Å². The molecule has 2 aromatic rings. The first kappa shape index (κ1) is 19.1. The van der Waals surface area contributed by atoms with E-state index in [2.05, 4.69) is 0 Å². The lowest BCUT2D eigenvalue weighted by Gasteiger charge is -2.29. The van der Waals surface area contributed by atoms with Gasteiger partial charge in [-0.25, -0.2) is 13.7 Å². The van der Waals surface area contributed by atoms with Crippen molar-refractivity contribution in [3.05, 3.63) is 65.4 Å². The lowest BCUT2D eigenvalue weighted by Crippen LogP contribution is -2.40. The molecule has 2 aromatic carbocycles. The van der Waals surface area contributed by atoms with Gasteiger partial charge < -0.3 is 14.4 Å². The van der Waals surface area contributed by atoms with Gasteiger partial charge in [0.25, 0.3) is 11.8 Å². The molecule has 1 saturated heterocycles. The quantitative estimate of drug-likeness (QED) is 0.739. The first-order chi connectivity index (χ1) is 14.0. The maximum atomic E-state index is 13.8. The largest absolute Gasteiger partial charge is 0.496 e. The lowest BCUT2D eigenvalue weighted by molar-refractivity contribution is -0.121. The molecule has 29 heavy (non-hydrogen) atoms. The second-order valence-electron chi connectivity index (χ2n) is 6.57. The van der Waals surface area contributed by atoms with Crippen LogP contribution in [-0.2, 0) is 14.3 Å². The Morgan fingerprint density at radius 3 is 2.38 bits per heavy atom. The summed E-state index contributed by atoms with van der Waals surface area (Å²) in [6.45, 7) is 1.68. The number of para-hydroxylation sites is 1. The Labute approximate surface area is 165 Å². The van der Waals surface area contributed by atoms with Crippen molar-refractivity contribution in [1.29, 1.82) is 0 Å². The molecule has 1 fully saturated rings. The molecule has 2 aliphatic rings. The molecule has 2 amide bonds. The smallest absolute Gasteiger partial charge is 0.282 e. The molecule has 0 unspecified atom stereocenters. The summed E-state index contributed by atoms with van der Waals surface area (Å²) in [5.74, 6) is -2.97. The molecule has 0 spiro atoms. The molecule has 0 N–H and O–H groups in total. The SMILES string of the molecule is COc1ccccc1C1=C(N2CCOCC2)C(=O)N(c2ccc(F)c(F)c2)C1=O. The van der Waals surface area contributed by atoms with Gasteiger partial charge in [0, 0.05) is 24.7 Å². The molecule has 8 heteroatoms. The Kier molecular flexibility index (Phi) is 5.02. The third-order valence-electron chi connectivity index (χ3n) is 4.92. The minimum atomic E-state index is -1.14. The number of hydrogen-bond acceptors (Lipinski definition) is 5. The van der Waals surface area contributed by atoms with Crippen molar-refractivity contribution in [1.82, 2.24) is 4.90 Å². The summed E-state index contributed by atoms with van der Waals surface area (Å²) in [6.07, 6.45) is 0. The van der Waals surface area contributed by atoms with Gasteiger partial charge in [0.15, 0.2) is 11.6 Å². The highest BCUT2D eigenvalue weighted by molar-refractivity contribution is 6.45. The maximum Gasteiger partial charge on any atom is 0.282 e. The number of morpholine rings is 1. The zero-order valence-corrected chi connectivity index (χ0v) is 15.7. The normalized spacial score (nSPS) is 17.3. The fourth-order valence-electron chi connectivity index (χ4n) is 3.55. The molecule has 0 atom stereocenters. The molecule has 0 aliphatic carbocycles. The number of hydrogen-bond donors (Lipinski definition) is 0. The topological polar surface area (TPSA) is 59.1 Å². The van der Waals surface area contributed by atoms with Crippen molar-refractivity contribution in [2.75, 3.05) is 38.3 Å². The maximum absolute atomic E-state index is 13.8. The number of rotatable bonds is 4. The molecule has 0 radical (unpaired) electrons. The predicted molar refractivity (Wildman–Crippen MR) is 101 cm³/mol. The van der Waals surface area contributed by atoms with E-state index >= 15 is 0 Å². The van der Waals surface area contributed by atoms with Crippen LogP contribution in [0.25, 0.3) is 5.57 Å². The number of imide groups is 1. The van der Waals surface area contributed by atoms with Crippen molar-refractivity contribution in [3.63, 3.8) is 0 Å². The number of halogens is 2. The van der Waals surface area contributed by atoms with Gasteiger partial charge in [0.2, 0.25) is 0 Å². The molecule has 150 valence electrons. The van der Waals surface area contributed by atoms with Crippen molar-refractivity contribution in [2.24, 2.45) is 0 Å². The average molecular weight is 400 g/mol. The fourth-order valence-corrected chi connectivity index (χ4v) is 3.55. The van der Waals surface area contributed by atoms with E-state index in [0.717, 1.165) is 17.0 Å². The van der Waals surface area contributed by atoms with Gasteiger partial charge in [0.1, 0.15) is 11.4 Å². The summed E-state index contributed by atoms with van der Waals surface area (Å²) in [6, 6.07) is 9.81. The second kappa shape index (κ2) is 7.63. The summed E-state index contributed by atoms with van der Waals surface area (Å²) in [4.78, 5) is 29.3. The zero-order chi connectivity index (χ0) is 20.5. The summed E-state index contributed by atoms with van der Waals surface area (Å²) in [5, 5.41) is 0. The van der Waals surface area contributed by atoms with Crippen LogP contribution in [0.15, 0.2) is 48.2 Å². The molecular weight excluding hydrogens is 382 g/mol. The van der Waals surface area contributed by atoms with Crippen molar-refractivity contribution < 1.29 is 27.8 Å². The van der Waals surface area contributed by atoms with Gasteiger partial charge in [-0.1, -0.05) is 18.2 Å². The van der Waals surface area contributed by atoms with Crippen LogP contribution in [0.4, 0.5) is 14.5 Å². The standard InChI is InChI=1S/C21H18F2N2O4/c1-28-17-5-3-2-4-14(17)18-19(24-8-10-29-11-9-24)21(27)25(20(18)26)13-6-7-15(22)16(23)12-13/h2-7,12H,8-11H2,1H3. The van der Waals surface area contributed by atoms with Crippen LogP contribution in [0.3, 0.4) is 0 Å². The number of anilines is 1. The number of carbonyl (C=O) groups excluding carboxylic acids is 2. The predicted octanol–water partition coefficient (Wildman–Crippen LogP) is 2.59. The van der Waals surface area contributed by atoms with E-state index in [0.29, 0.717) is 37.6 Å². The third-order valence-corrected chi connectivity index (χ3v) is 4.92. The van der Waals surface area contributed by atoms with Crippen LogP contribution < -0.4 is 9.64 Å². The molecule has 2 aliphatic heterocycles. The molecule has 0 saturated carbocycles. The minimum Gasteiger partial charge on any atom is -0.496 e. The van der Waals surface area contributed by atoms with E-state index in [-0.39, 0.29) is 17.0 Å². The third kappa shape index (κ3) is 3.25. The van der Waals surface area contributed by atoms with Gasteiger partial charge in [-0.3, -0.25) is 9.59 Å². The van der Waals surface area contributed by atoms with Crippen LogP contribution in [-0.4, -0.2) is 50.1 Å². The van der Waals surface area contributed by atoms with Crippen molar-refractivity contribution >= 4 is 23.1 Å². The molecule has 2 heterocycles. The summed E-state index contributed by atoms with van der Waals surface area (Å²) < 4.78 is 37.9. The van der Waals surface area contributed by atoms with Crippen LogP contribution in [0.1, 0.15) is 5.56 Å². The second-order valence-corrected chi connectivity index (χ2v) is 6.57. The highest BCUT2D eigenvalue weighted by Crippen LogP contribution is 2.38. The molecule has 0 bridgehead atoms. The van der Waals surface area contributed by atoms with Gasteiger partial charge in [-0.2, -0.15) is 0 Å². The number of methoxy groups -OCH3 is 1. The monoisotopic (exact) mass is 400 g/mol. The van der Waals surface area contributed by atoms with E-state index in [1.807, 2.05) is 0 Å². The first-order valence-electron chi connectivity index (χ1n) is 9.07. The van der Waals surface area contributed by atoms with Crippen LogP contribution in [0, 0.1) is 11.6 Å². The molecule has 4 rings (SSSR count). The van der Waals surface area contributed by atoms with Gasteiger partial charge in [0.05, 0.1) is 31.6 Å². The molecule has 6 nitrogen and oxygen atoms in total. The highest BCUT2D eigenvalue weighted by atomic mass is 19.2. The van der Waals surface area contributed by atoms with Gasteiger partial charge in [-0.15, -0.1) is 0 Å². The zero-order valence-electron chi connectivity index (χ0n) is 15.7. The Morgan fingerprint density at radius 1 is 0.966 bits per heavy atom. The van der Waals surface area contributed by atoms with Crippen LogP contribution >= 0.6 is 0 Å². The average Bonchev–Trinajstić information content (AvgIpc) is 3.00. The van der Waals surface area contributed by atoms with Crippen LogP contribution in [0.5, 0.6) is 5.75 Å². The first-order valence-corrected chi connectivity index (χ1v) is 9.07. The Bertz CT molecular complexity index is 1020. The Morgan fingerprint density at radius 2 is 1.69 bits per heavy atom. The summed E-state index contributed by atoms with van der Waals surface area (Å²) in [5.41, 5.74) is 0.793. The Balaban J connectivity index is 1.87. The fraction of sp³-hybridized carbons (Fsp3) is 0.238. The number of nitrogens with zero attached hydrogens (tertiary/aromatic N) is 2. The molecule has 0 aromatic heterocycles. The minimum absolute atomic E-state index is 0.0328.